The van der Waals surface area contributed by atoms with E-state index in [0.29, 0.717) is 22.6 Å². The van der Waals surface area contributed by atoms with Crippen molar-refractivity contribution in [3.63, 3.8) is 0 Å². The van der Waals surface area contributed by atoms with Crippen LogP contribution in [0, 0.1) is 0 Å². The second-order valence-electron chi connectivity index (χ2n) is 4.50. The number of benzene rings is 2. The molecule has 0 N–H and O–H groups in total. The van der Waals surface area contributed by atoms with Crippen molar-refractivity contribution in [2.45, 2.75) is 0 Å². The molecule has 0 aliphatic rings. The Bertz CT molecular complexity index is 774. The average Bonchev–Trinajstić information content (AvgIpc) is 2.99. The van der Waals surface area contributed by atoms with Crippen LogP contribution < -0.4 is 0 Å². The van der Waals surface area contributed by atoms with Gasteiger partial charge in [0, 0.05) is 16.7 Å². The van der Waals surface area contributed by atoms with Gasteiger partial charge >= 0.3 is 0 Å². The van der Waals surface area contributed by atoms with Gasteiger partial charge in [-0.2, -0.15) is 0 Å². The molecule has 4 nitrogen and oxygen atoms in total. The van der Waals surface area contributed by atoms with Crippen LogP contribution in [0.5, 0.6) is 0 Å². The number of rotatable bonds is 4. The molecular weight excluding hydrogens is 266 g/mol. The Hall–Kier alpha value is -3.01. The Balaban J connectivity index is 2.10. The first-order valence-electron chi connectivity index (χ1n) is 6.39. The van der Waals surface area contributed by atoms with E-state index >= 15 is 0 Å². The molecule has 0 amide bonds. The van der Waals surface area contributed by atoms with Crippen molar-refractivity contribution in [3.05, 3.63) is 65.7 Å². The fraction of sp³-hybridized carbons (Fsp3) is 0. The van der Waals surface area contributed by atoms with Gasteiger partial charge in [-0.1, -0.05) is 59.8 Å². The van der Waals surface area contributed by atoms with Crippen LogP contribution in [0.4, 0.5) is 0 Å². The predicted octanol–water partition coefficient (Wildman–Crippen LogP) is 3.63. The van der Waals surface area contributed by atoms with Gasteiger partial charge in [0.2, 0.25) is 0 Å². The average molecular weight is 277 g/mol. The van der Waals surface area contributed by atoms with E-state index in [2.05, 4.69) is 5.16 Å². The highest BCUT2D eigenvalue weighted by Crippen LogP contribution is 2.30. The Morgan fingerprint density at radius 1 is 0.810 bits per heavy atom. The van der Waals surface area contributed by atoms with Crippen molar-refractivity contribution in [1.29, 1.82) is 0 Å². The number of carbonyl (C=O) groups is 2. The Morgan fingerprint density at radius 3 is 2.14 bits per heavy atom. The third-order valence-electron chi connectivity index (χ3n) is 3.20. The predicted molar refractivity (Wildman–Crippen MR) is 78.2 cm³/mol. The number of carbonyl (C=O) groups excluding carboxylic acids is 2. The van der Waals surface area contributed by atoms with Crippen molar-refractivity contribution < 1.29 is 14.1 Å². The maximum Gasteiger partial charge on any atom is 0.178 e. The van der Waals surface area contributed by atoms with Crippen LogP contribution in [0.15, 0.2) is 59.1 Å². The summed E-state index contributed by atoms with van der Waals surface area (Å²) in [7, 11) is 0. The summed E-state index contributed by atoms with van der Waals surface area (Å²) >= 11 is 0. The number of hydrogen-bond donors (Lipinski definition) is 0. The fourth-order valence-electron chi connectivity index (χ4n) is 2.13. The highest BCUT2D eigenvalue weighted by molar-refractivity contribution is 5.93. The third kappa shape index (κ3) is 2.39. The van der Waals surface area contributed by atoms with E-state index in [4.69, 9.17) is 4.52 Å². The molecule has 0 spiro atoms. The van der Waals surface area contributed by atoms with Crippen LogP contribution >= 0.6 is 0 Å². The highest BCUT2D eigenvalue weighted by Gasteiger charge is 2.18. The molecule has 0 aliphatic heterocycles. The van der Waals surface area contributed by atoms with Crippen molar-refractivity contribution in [1.82, 2.24) is 5.16 Å². The minimum atomic E-state index is 0.403. The lowest BCUT2D eigenvalue weighted by Gasteiger charge is -1.98. The smallest absolute Gasteiger partial charge is 0.178 e. The van der Waals surface area contributed by atoms with Gasteiger partial charge in [0.15, 0.2) is 12.0 Å². The van der Waals surface area contributed by atoms with Crippen molar-refractivity contribution >= 4 is 12.6 Å². The first kappa shape index (κ1) is 13.0. The number of aldehydes is 2. The highest BCUT2D eigenvalue weighted by atomic mass is 16.5. The van der Waals surface area contributed by atoms with Crippen molar-refractivity contribution in [2.75, 3.05) is 0 Å². The van der Waals surface area contributed by atoms with Crippen LogP contribution in [0.2, 0.25) is 0 Å². The first-order valence-corrected chi connectivity index (χ1v) is 6.39. The van der Waals surface area contributed by atoms with E-state index in [-0.39, 0.29) is 0 Å². The summed E-state index contributed by atoms with van der Waals surface area (Å²) in [5.41, 5.74) is 2.97. The molecule has 0 aliphatic carbocycles. The molecule has 0 saturated heterocycles. The normalized spacial score (nSPS) is 10.3. The first-order chi connectivity index (χ1) is 10.3. The lowest BCUT2D eigenvalue weighted by atomic mass is 10.0. The maximum atomic E-state index is 11.4. The van der Waals surface area contributed by atoms with E-state index < -0.39 is 0 Å². The Kier molecular flexibility index (Phi) is 3.43. The van der Waals surface area contributed by atoms with Gasteiger partial charge in [-0.05, 0) is 0 Å². The van der Waals surface area contributed by atoms with Crippen LogP contribution in [0.1, 0.15) is 20.7 Å². The van der Waals surface area contributed by atoms with Crippen LogP contribution in [0.25, 0.3) is 22.6 Å². The summed E-state index contributed by atoms with van der Waals surface area (Å²) < 4.78 is 5.33. The number of aromatic nitrogens is 1. The zero-order valence-electron chi connectivity index (χ0n) is 11.0. The van der Waals surface area contributed by atoms with Crippen LogP contribution in [-0.2, 0) is 0 Å². The summed E-state index contributed by atoms with van der Waals surface area (Å²) in [6, 6.07) is 16.2. The lowest BCUT2D eigenvalue weighted by molar-refractivity contribution is 0.111. The standard InChI is InChI=1S/C17H11NO3/c19-10-12-6-8-13(9-7-12)16-15(11-20)17(21-18-16)14-4-2-1-3-5-14/h1-11H. The van der Waals surface area contributed by atoms with Gasteiger partial charge in [-0.15, -0.1) is 0 Å². The Morgan fingerprint density at radius 2 is 1.52 bits per heavy atom. The van der Waals surface area contributed by atoms with Gasteiger partial charge in [-0.3, -0.25) is 9.59 Å². The van der Waals surface area contributed by atoms with E-state index in [1.807, 2.05) is 30.3 Å². The largest absolute Gasteiger partial charge is 0.355 e. The van der Waals surface area contributed by atoms with E-state index in [1.54, 1.807) is 24.3 Å². The minimum Gasteiger partial charge on any atom is -0.355 e. The van der Waals surface area contributed by atoms with Gasteiger partial charge in [-0.25, -0.2) is 0 Å². The van der Waals surface area contributed by atoms with Gasteiger partial charge < -0.3 is 4.52 Å². The molecule has 0 saturated carbocycles. The van der Waals surface area contributed by atoms with Gasteiger partial charge in [0.1, 0.15) is 12.0 Å². The number of hydrogen-bond acceptors (Lipinski definition) is 4. The SMILES string of the molecule is O=Cc1ccc(-c2noc(-c3ccccc3)c2C=O)cc1. The van der Waals surface area contributed by atoms with Crippen molar-refractivity contribution in [2.24, 2.45) is 0 Å². The molecule has 0 radical (unpaired) electrons. The third-order valence-corrected chi connectivity index (χ3v) is 3.20. The molecule has 3 aromatic rings. The molecule has 0 atom stereocenters. The molecule has 4 heteroatoms. The summed E-state index contributed by atoms with van der Waals surface area (Å²) in [5, 5.41) is 3.99. The summed E-state index contributed by atoms with van der Waals surface area (Å²) in [6.07, 6.45) is 1.50. The van der Waals surface area contributed by atoms with Crippen LogP contribution in [0.3, 0.4) is 0 Å². The summed E-state index contributed by atoms with van der Waals surface area (Å²) in [5.74, 6) is 0.445. The second kappa shape index (κ2) is 5.54. The Labute approximate surface area is 121 Å². The minimum absolute atomic E-state index is 0.403. The fourth-order valence-corrected chi connectivity index (χ4v) is 2.13. The zero-order valence-corrected chi connectivity index (χ0v) is 11.0. The maximum absolute atomic E-state index is 11.4. The molecule has 1 aromatic heterocycles. The molecule has 1 heterocycles. The molecule has 102 valence electrons. The summed E-state index contributed by atoms with van der Waals surface area (Å²) in [6.45, 7) is 0. The van der Waals surface area contributed by atoms with Crippen molar-refractivity contribution in [3.8, 4) is 22.6 Å². The quantitative estimate of drug-likeness (QED) is 0.683. The molecule has 21 heavy (non-hydrogen) atoms. The van der Waals surface area contributed by atoms with Crippen LogP contribution in [-0.4, -0.2) is 17.7 Å². The van der Waals surface area contributed by atoms with E-state index in [9.17, 15) is 9.59 Å². The molecule has 0 bridgehead atoms. The molecule has 3 rings (SSSR count). The monoisotopic (exact) mass is 277 g/mol. The molecule has 0 fully saturated rings. The lowest BCUT2D eigenvalue weighted by Crippen LogP contribution is -1.87. The zero-order chi connectivity index (χ0) is 14.7. The second-order valence-corrected chi connectivity index (χ2v) is 4.50. The van der Waals surface area contributed by atoms with Gasteiger partial charge in [0.05, 0.1) is 5.56 Å². The molecule has 2 aromatic carbocycles. The van der Waals surface area contributed by atoms with Gasteiger partial charge in [0.25, 0.3) is 0 Å². The summed E-state index contributed by atoms with van der Waals surface area (Å²) in [4.78, 5) is 22.1. The van der Waals surface area contributed by atoms with E-state index in [1.165, 1.54) is 0 Å². The van der Waals surface area contributed by atoms with E-state index in [0.717, 1.165) is 23.7 Å². The molecular formula is C17H11NO3. The topological polar surface area (TPSA) is 60.2 Å². The number of nitrogens with zero attached hydrogens (tertiary/aromatic N) is 1. The molecule has 0 unspecified atom stereocenters.